The first-order chi connectivity index (χ1) is 16.2. The second-order valence-corrected chi connectivity index (χ2v) is 9.46. The van der Waals surface area contributed by atoms with E-state index in [-0.39, 0.29) is 18.6 Å². The van der Waals surface area contributed by atoms with E-state index in [0.29, 0.717) is 5.75 Å². The molecule has 1 aliphatic rings. The molecule has 1 N–H and O–H groups in total. The smallest absolute Gasteiger partial charge is 0.258 e. The highest BCUT2D eigenvalue weighted by Crippen LogP contribution is 2.27. The van der Waals surface area contributed by atoms with Crippen LogP contribution in [0.15, 0.2) is 60.7 Å². The van der Waals surface area contributed by atoms with Crippen LogP contribution in [0.4, 0.5) is 0 Å². The minimum atomic E-state index is -0.243. The van der Waals surface area contributed by atoms with Crippen LogP contribution in [-0.4, -0.2) is 45.3 Å². The zero-order chi connectivity index (χ0) is 22.6. The lowest BCUT2D eigenvalue weighted by Gasteiger charge is -2.19. The van der Waals surface area contributed by atoms with Crippen LogP contribution in [0.1, 0.15) is 29.5 Å². The molecule has 0 bridgehead atoms. The van der Waals surface area contributed by atoms with Crippen molar-refractivity contribution in [1.82, 2.24) is 25.0 Å². The number of nitrogens with zero attached hydrogens (tertiary/aromatic N) is 4. The monoisotopic (exact) mass is 461 g/mol. The molecular weight excluding hydrogens is 434 g/mol. The minimum absolute atomic E-state index is 0.0295. The van der Waals surface area contributed by atoms with E-state index in [4.69, 9.17) is 4.74 Å². The number of hydrogen-bond donors (Lipinski definition) is 1. The van der Waals surface area contributed by atoms with Gasteiger partial charge in [0, 0.05) is 42.2 Å². The van der Waals surface area contributed by atoms with E-state index in [1.807, 2.05) is 48.6 Å². The number of carbonyl (C=O) groups excluding carboxylic acids is 1. The van der Waals surface area contributed by atoms with Crippen molar-refractivity contribution in [3.05, 3.63) is 77.2 Å². The summed E-state index contributed by atoms with van der Waals surface area (Å²) in [7, 11) is 0. The standard InChI is InChI=1S/C25H27N5O2S/c1-18(26-24(31)17-32-20-8-3-2-4-9-20)25-28-27-23-11-12-29(13-14-30(23)25)16-21-15-19-7-5-6-10-22(19)33-21/h2-10,15,18H,11-14,16-17H2,1H3,(H,26,31)/t18-/m0/s1. The molecule has 0 radical (unpaired) electrons. The van der Waals surface area contributed by atoms with Gasteiger partial charge in [-0.15, -0.1) is 21.5 Å². The fourth-order valence-electron chi connectivity index (χ4n) is 4.22. The zero-order valence-electron chi connectivity index (χ0n) is 18.6. The molecule has 1 aliphatic heterocycles. The Morgan fingerprint density at radius 1 is 1.09 bits per heavy atom. The van der Waals surface area contributed by atoms with Crippen LogP contribution in [0, 0.1) is 0 Å². The molecule has 0 saturated carbocycles. The van der Waals surface area contributed by atoms with Crippen LogP contribution in [0.3, 0.4) is 0 Å². The molecule has 0 unspecified atom stereocenters. The van der Waals surface area contributed by atoms with Gasteiger partial charge in [0.1, 0.15) is 11.6 Å². The highest BCUT2D eigenvalue weighted by atomic mass is 32.1. The van der Waals surface area contributed by atoms with Gasteiger partial charge in [0.05, 0.1) is 6.04 Å². The van der Waals surface area contributed by atoms with Crippen LogP contribution in [0.25, 0.3) is 10.1 Å². The van der Waals surface area contributed by atoms with Crippen molar-refractivity contribution in [3.8, 4) is 5.75 Å². The first kappa shape index (κ1) is 21.6. The molecule has 4 aromatic rings. The first-order valence-corrected chi connectivity index (χ1v) is 12.1. The number of benzene rings is 2. The highest BCUT2D eigenvalue weighted by Gasteiger charge is 2.23. The second kappa shape index (κ2) is 9.72. The van der Waals surface area contributed by atoms with Gasteiger partial charge in [-0.25, -0.2) is 0 Å². The molecule has 170 valence electrons. The van der Waals surface area contributed by atoms with Crippen molar-refractivity contribution in [3.63, 3.8) is 0 Å². The zero-order valence-corrected chi connectivity index (χ0v) is 19.4. The van der Waals surface area contributed by atoms with E-state index in [1.165, 1.54) is 15.0 Å². The number of rotatable bonds is 7. The van der Waals surface area contributed by atoms with E-state index in [9.17, 15) is 4.79 Å². The topological polar surface area (TPSA) is 72.3 Å². The maximum atomic E-state index is 12.4. The van der Waals surface area contributed by atoms with Gasteiger partial charge in [0.15, 0.2) is 12.4 Å². The Morgan fingerprint density at radius 2 is 1.91 bits per heavy atom. The van der Waals surface area contributed by atoms with Gasteiger partial charge in [0.2, 0.25) is 0 Å². The van der Waals surface area contributed by atoms with Gasteiger partial charge in [-0.05, 0) is 36.6 Å². The van der Waals surface area contributed by atoms with Crippen LogP contribution in [0.2, 0.25) is 0 Å². The molecule has 2 aromatic carbocycles. The predicted molar refractivity (Wildman–Crippen MR) is 129 cm³/mol. The molecule has 0 saturated heterocycles. The maximum absolute atomic E-state index is 12.4. The molecular formula is C25H27N5O2S. The summed E-state index contributed by atoms with van der Waals surface area (Å²) in [5, 5.41) is 13.1. The van der Waals surface area contributed by atoms with Crippen LogP contribution >= 0.6 is 11.3 Å². The quantitative estimate of drug-likeness (QED) is 0.453. The molecule has 0 spiro atoms. The molecule has 5 rings (SSSR count). The summed E-state index contributed by atoms with van der Waals surface area (Å²) < 4.78 is 9.05. The van der Waals surface area contributed by atoms with Crippen LogP contribution < -0.4 is 10.1 Å². The lowest BCUT2D eigenvalue weighted by molar-refractivity contribution is -0.123. The van der Waals surface area contributed by atoms with Crippen molar-refractivity contribution in [2.45, 2.75) is 32.5 Å². The third kappa shape index (κ3) is 5.07. The lowest BCUT2D eigenvalue weighted by Crippen LogP contribution is -2.33. The van der Waals surface area contributed by atoms with Gasteiger partial charge in [-0.3, -0.25) is 9.69 Å². The summed E-state index contributed by atoms with van der Waals surface area (Å²) in [5.41, 5.74) is 0. The fraction of sp³-hybridized carbons (Fsp3) is 0.320. The number of hydrogen-bond acceptors (Lipinski definition) is 6. The first-order valence-electron chi connectivity index (χ1n) is 11.2. The van der Waals surface area contributed by atoms with Crippen molar-refractivity contribution in [2.24, 2.45) is 0 Å². The van der Waals surface area contributed by atoms with Gasteiger partial charge in [-0.1, -0.05) is 36.4 Å². The minimum Gasteiger partial charge on any atom is -0.484 e. The third-order valence-electron chi connectivity index (χ3n) is 5.88. The number of aromatic nitrogens is 3. The van der Waals surface area contributed by atoms with E-state index in [1.54, 1.807) is 0 Å². The average molecular weight is 462 g/mol. The molecule has 0 fully saturated rings. The van der Waals surface area contributed by atoms with E-state index in [2.05, 4.69) is 55.3 Å². The van der Waals surface area contributed by atoms with Crippen molar-refractivity contribution in [2.75, 3.05) is 19.7 Å². The number of carbonyl (C=O) groups is 1. The number of ether oxygens (including phenoxy) is 1. The summed E-state index contributed by atoms with van der Waals surface area (Å²) in [4.78, 5) is 16.2. The Hall–Kier alpha value is -3.23. The van der Waals surface area contributed by atoms with Crippen molar-refractivity contribution in [1.29, 1.82) is 0 Å². The predicted octanol–water partition coefficient (Wildman–Crippen LogP) is 3.81. The average Bonchev–Trinajstić information content (AvgIpc) is 3.38. The van der Waals surface area contributed by atoms with Gasteiger partial charge < -0.3 is 14.6 Å². The number of amides is 1. The number of para-hydroxylation sites is 1. The summed E-state index contributed by atoms with van der Waals surface area (Å²) in [6, 6.07) is 19.9. The van der Waals surface area contributed by atoms with Crippen molar-refractivity contribution < 1.29 is 9.53 Å². The Labute approximate surface area is 197 Å². The van der Waals surface area contributed by atoms with Gasteiger partial charge in [-0.2, -0.15) is 0 Å². The Bertz CT molecular complexity index is 1200. The Balaban J connectivity index is 1.18. The van der Waals surface area contributed by atoms with Crippen LogP contribution in [-0.2, 0) is 24.3 Å². The molecule has 0 aliphatic carbocycles. The Kier molecular flexibility index (Phi) is 6.37. The Morgan fingerprint density at radius 3 is 2.76 bits per heavy atom. The van der Waals surface area contributed by atoms with Crippen molar-refractivity contribution >= 4 is 27.3 Å². The fourth-order valence-corrected chi connectivity index (χ4v) is 5.32. The van der Waals surface area contributed by atoms with E-state index in [0.717, 1.165) is 44.2 Å². The second-order valence-electron chi connectivity index (χ2n) is 8.29. The summed E-state index contributed by atoms with van der Waals surface area (Å²) >= 11 is 1.87. The highest BCUT2D eigenvalue weighted by molar-refractivity contribution is 7.19. The number of thiophene rings is 1. The van der Waals surface area contributed by atoms with Gasteiger partial charge >= 0.3 is 0 Å². The summed E-state index contributed by atoms with van der Waals surface area (Å²) in [5.74, 6) is 2.27. The van der Waals surface area contributed by atoms with E-state index >= 15 is 0 Å². The maximum Gasteiger partial charge on any atom is 0.258 e. The van der Waals surface area contributed by atoms with Gasteiger partial charge in [0.25, 0.3) is 5.91 Å². The normalized spacial score (nSPS) is 15.1. The molecule has 2 aromatic heterocycles. The molecule has 1 atom stereocenters. The SMILES string of the molecule is C[C@H](NC(=O)COc1ccccc1)c1nnc2n1CCN(Cc1cc3ccccc3s1)CC2. The molecule has 7 nitrogen and oxygen atoms in total. The van der Waals surface area contributed by atoms with E-state index < -0.39 is 0 Å². The summed E-state index contributed by atoms with van der Waals surface area (Å²) in [6.45, 7) is 5.53. The molecule has 3 heterocycles. The molecule has 8 heteroatoms. The third-order valence-corrected chi connectivity index (χ3v) is 6.98. The number of fused-ring (bicyclic) bond motifs is 2. The number of nitrogens with one attached hydrogen (secondary N) is 1. The molecule has 1 amide bonds. The van der Waals surface area contributed by atoms with Crippen LogP contribution in [0.5, 0.6) is 5.75 Å². The molecule has 33 heavy (non-hydrogen) atoms. The largest absolute Gasteiger partial charge is 0.484 e. The lowest BCUT2D eigenvalue weighted by atomic mass is 10.2. The summed E-state index contributed by atoms with van der Waals surface area (Å²) in [6.07, 6.45) is 0.843.